The van der Waals surface area contributed by atoms with Crippen molar-refractivity contribution in [3.05, 3.63) is 22.7 Å². The van der Waals surface area contributed by atoms with Gasteiger partial charge in [-0.1, -0.05) is 16.4 Å². The summed E-state index contributed by atoms with van der Waals surface area (Å²) in [6, 6.07) is 3.41. The highest BCUT2D eigenvalue weighted by Crippen LogP contribution is 2.20. The molecule has 0 spiro atoms. The molecule has 0 fully saturated rings. The molecule has 1 heterocycles. The summed E-state index contributed by atoms with van der Waals surface area (Å²) in [5.41, 5.74) is 2.05. The normalized spacial score (nSPS) is 10.8. The molecule has 0 amide bonds. The van der Waals surface area contributed by atoms with Crippen LogP contribution in [0.5, 0.6) is 0 Å². The molecule has 0 bridgehead atoms. The van der Waals surface area contributed by atoms with Crippen LogP contribution in [0.25, 0.3) is 11.0 Å². The van der Waals surface area contributed by atoms with Crippen LogP contribution in [0.2, 0.25) is 5.02 Å². The van der Waals surface area contributed by atoms with E-state index in [1.54, 1.807) is 12.1 Å². The van der Waals surface area contributed by atoms with Crippen LogP contribution in [-0.2, 0) is 0 Å². The number of aryl methyl sites for hydroxylation is 1. The van der Waals surface area contributed by atoms with Crippen molar-refractivity contribution in [3.8, 4) is 0 Å². The van der Waals surface area contributed by atoms with Gasteiger partial charge in [-0.15, -0.1) is 5.10 Å². The van der Waals surface area contributed by atoms with E-state index in [0.717, 1.165) is 10.4 Å². The van der Waals surface area contributed by atoms with Gasteiger partial charge in [0.05, 0.1) is 0 Å². The molecule has 1 aromatic carbocycles. The fourth-order valence-corrected chi connectivity index (χ4v) is 1.19. The maximum Gasteiger partial charge on any atom is 0.131 e. The molecule has 2 aromatic rings. The molecule has 0 aliphatic heterocycles. The highest BCUT2D eigenvalue weighted by molar-refractivity contribution is 6.32. The Morgan fingerprint density at radius 1 is 1.50 bits per heavy atom. The molecule has 0 radical (unpaired) electrons. The quantitative estimate of drug-likeness (QED) is 0.632. The van der Waals surface area contributed by atoms with E-state index in [4.69, 9.17) is 16.8 Å². The zero-order valence-corrected chi connectivity index (χ0v) is 7.08. The van der Waals surface area contributed by atoms with Crippen molar-refractivity contribution in [1.82, 2.24) is 15.2 Å². The Balaban J connectivity index is 2.87. The lowest BCUT2D eigenvalue weighted by Gasteiger charge is -1.95. The first-order valence-electron chi connectivity index (χ1n) is 3.39. The summed E-state index contributed by atoms with van der Waals surface area (Å²) >= 11 is 5.84. The summed E-state index contributed by atoms with van der Waals surface area (Å²) in [6.07, 6.45) is 0. The SMILES string of the molecule is Cc1cc2c(cc1Cl)nnn2O. The predicted molar refractivity (Wildman–Crippen MR) is 44.5 cm³/mol. The number of aromatic nitrogens is 3. The van der Waals surface area contributed by atoms with Gasteiger partial charge in [-0.05, 0) is 29.8 Å². The maximum absolute atomic E-state index is 9.13. The van der Waals surface area contributed by atoms with Gasteiger partial charge in [0.25, 0.3) is 0 Å². The van der Waals surface area contributed by atoms with Crippen LogP contribution in [0.3, 0.4) is 0 Å². The predicted octanol–water partition coefficient (Wildman–Crippen LogP) is 1.63. The summed E-state index contributed by atoms with van der Waals surface area (Å²) < 4.78 is 0. The molecule has 0 saturated heterocycles. The van der Waals surface area contributed by atoms with Crippen LogP contribution in [0.15, 0.2) is 12.1 Å². The minimum absolute atomic E-state index is 0.567. The third kappa shape index (κ3) is 0.921. The second kappa shape index (κ2) is 2.35. The second-order valence-electron chi connectivity index (χ2n) is 2.57. The number of benzene rings is 1. The van der Waals surface area contributed by atoms with Gasteiger partial charge in [0.1, 0.15) is 11.0 Å². The van der Waals surface area contributed by atoms with Gasteiger partial charge in [0, 0.05) is 5.02 Å². The van der Waals surface area contributed by atoms with Crippen molar-refractivity contribution in [2.45, 2.75) is 6.92 Å². The van der Waals surface area contributed by atoms with E-state index in [0.29, 0.717) is 16.1 Å². The summed E-state index contributed by atoms with van der Waals surface area (Å²) in [5, 5.41) is 16.9. The van der Waals surface area contributed by atoms with Crippen LogP contribution >= 0.6 is 11.6 Å². The van der Waals surface area contributed by atoms with Crippen molar-refractivity contribution < 1.29 is 5.21 Å². The molecule has 5 heteroatoms. The van der Waals surface area contributed by atoms with E-state index in [1.165, 1.54) is 0 Å². The van der Waals surface area contributed by atoms with Crippen molar-refractivity contribution in [1.29, 1.82) is 0 Å². The van der Waals surface area contributed by atoms with Gasteiger partial charge in [0.15, 0.2) is 0 Å². The number of rotatable bonds is 0. The minimum atomic E-state index is 0.567. The standard InChI is InChI=1S/C7H6ClN3O/c1-4-2-7-6(3-5(4)8)9-10-11(7)12/h2-3,12H,1H3. The summed E-state index contributed by atoms with van der Waals surface area (Å²) in [7, 11) is 0. The van der Waals surface area contributed by atoms with Crippen LogP contribution in [-0.4, -0.2) is 20.4 Å². The van der Waals surface area contributed by atoms with Crippen LogP contribution < -0.4 is 0 Å². The topological polar surface area (TPSA) is 50.9 Å². The van der Waals surface area contributed by atoms with E-state index in [9.17, 15) is 0 Å². The number of fused-ring (bicyclic) bond motifs is 1. The van der Waals surface area contributed by atoms with E-state index in [-0.39, 0.29) is 0 Å². The lowest BCUT2D eigenvalue weighted by molar-refractivity contribution is 0.154. The number of nitrogens with zero attached hydrogens (tertiary/aromatic N) is 3. The van der Waals surface area contributed by atoms with Gasteiger partial charge < -0.3 is 5.21 Å². The Hall–Kier alpha value is -1.29. The van der Waals surface area contributed by atoms with Gasteiger partial charge in [-0.2, -0.15) is 0 Å². The maximum atomic E-state index is 9.13. The largest absolute Gasteiger partial charge is 0.410 e. The highest BCUT2D eigenvalue weighted by Gasteiger charge is 2.05. The molecule has 0 saturated carbocycles. The first kappa shape index (κ1) is 7.36. The molecule has 1 aromatic heterocycles. The Morgan fingerprint density at radius 3 is 3.00 bits per heavy atom. The Kier molecular flexibility index (Phi) is 1.44. The average molecular weight is 184 g/mol. The van der Waals surface area contributed by atoms with E-state index in [2.05, 4.69) is 10.3 Å². The van der Waals surface area contributed by atoms with Crippen molar-refractivity contribution >= 4 is 22.6 Å². The number of halogens is 1. The first-order chi connectivity index (χ1) is 5.68. The monoisotopic (exact) mass is 183 g/mol. The molecular formula is C7H6ClN3O. The highest BCUT2D eigenvalue weighted by atomic mass is 35.5. The van der Waals surface area contributed by atoms with Gasteiger partial charge in [-0.3, -0.25) is 0 Å². The van der Waals surface area contributed by atoms with Gasteiger partial charge >= 0.3 is 0 Å². The molecule has 0 unspecified atom stereocenters. The smallest absolute Gasteiger partial charge is 0.131 e. The van der Waals surface area contributed by atoms with Crippen molar-refractivity contribution in [3.63, 3.8) is 0 Å². The Morgan fingerprint density at radius 2 is 2.25 bits per heavy atom. The summed E-state index contributed by atoms with van der Waals surface area (Å²) in [6.45, 7) is 1.86. The van der Waals surface area contributed by atoms with E-state index >= 15 is 0 Å². The van der Waals surface area contributed by atoms with Crippen LogP contribution in [0, 0.1) is 6.92 Å². The van der Waals surface area contributed by atoms with Crippen molar-refractivity contribution in [2.24, 2.45) is 0 Å². The van der Waals surface area contributed by atoms with E-state index in [1.807, 2.05) is 6.92 Å². The third-order valence-corrected chi connectivity index (χ3v) is 2.12. The van der Waals surface area contributed by atoms with Crippen LogP contribution in [0.1, 0.15) is 5.56 Å². The zero-order chi connectivity index (χ0) is 8.72. The Bertz CT molecular complexity index is 437. The number of hydrogen-bond acceptors (Lipinski definition) is 3. The van der Waals surface area contributed by atoms with Crippen LogP contribution in [0.4, 0.5) is 0 Å². The lowest BCUT2D eigenvalue weighted by Crippen LogP contribution is -1.91. The molecule has 4 nitrogen and oxygen atoms in total. The zero-order valence-electron chi connectivity index (χ0n) is 6.32. The van der Waals surface area contributed by atoms with Gasteiger partial charge in [-0.25, -0.2) is 0 Å². The molecule has 0 aliphatic carbocycles. The molecule has 12 heavy (non-hydrogen) atoms. The third-order valence-electron chi connectivity index (χ3n) is 1.71. The average Bonchev–Trinajstić information content (AvgIpc) is 2.35. The number of hydrogen-bond donors (Lipinski definition) is 1. The minimum Gasteiger partial charge on any atom is -0.410 e. The first-order valence-corrected chi connectivity index (χ1v) is 3.77. The fourth-order valence-electron chi connectivity index (χ4n) is 1.03. The summed E-state index contributed by atoms with van der Waals surface area (Å²) in [5.74, 6) is 0. The molecule has 0 atom stereocenters. The molecule has 0 aliphatic rings. The summed E-state index contributed by atoms with van der Waals surface area (Å²) in [4.78, 5) is 0.735. The molecule has 1 N–H and O–H groups in total. The second-order valence-corrected chi connectivity index (χ2v) is 2.98. The Labute approximate surface area is 73.3 Å². The van der Waals surface area contributed by atoms with E-state index < -0.39 is 0 Å². The molecule has 2 rings (SSSR count). The molecule has 62 valence electrons. The van der Waals surface area contributed by atoms with Gasteiger partial charge in [0.2, 0.25) is 0 Å². The fraction of sp³-hybridized carbons (Fsp3) is 0.143. The molecular weight excluding hydrogens is 178 g/mol. The lowest BCUT2D eigenvalue weighted by atomic mass is 10.2. The van der Waals surface area contributed by atoms with Crippen molar-refractivity contribution in [2.75, 3.05) is 0 Å².